The predicted molar refractivity (Wildman–Crippen MR) is 128 cm³/mol. The van der Waals surface area contributed by atoms with Crippen LogP contribution in [0.1, 0.15) is 42.9 Å². The van der Waals surface area contributed by atoms with Crippen LogP contribution in [0.5, 0.6) is 0 Å². The number of hydrogen-bond donors (Lipinski definition) is 1. The van der Waals surface area contributed by atoms with Gasteiger partial charge in [-0.3, -0.25) is 14.5 Å². The highest BCUT2D eigenvalue weighted by atomic mass is 16.2. The molecule has 0 unspecified atom stereocenters. The largest absolute Gasteiger partial charge is 0.325 e. The molecule has 1 N–H and O–H groups in total. The molecule has 0 spiro atoms. The molecule has 1 aliphatic rings. The molecule has 2 amide bonds. The van der Waals surface area contributed by atoms with Crippen LogP contribution in [0.3, 0.4) is 0 Å². The van der Waals surface area contributed by atoms with Gasteiger partial charge in [0.25, 0.3) is 0 Å². The van der Waals surface area contributed by atoms with Crippen LogP contribution < -0.4 is 10.2 Å². The lowest BCUT2D eigenvalue weighted by Crippen LogP contribution is -2.39. The van der Waals surface area contributed by atoms with Crippen molar-refractivity contribution in [2.75, 3.05) is 16.8 Å². The summed E-state index contributed by atoms with van der Waals surface area (Å²) in [6, 6.07) is 19.2. The van der Waals surface area contributed by atoms with Crippen molar-refractivity contribution in [3.8, 4) is 0 Å². The normalized spacial score (nSPS) is 13.4. The first-order chi connectivity index (χ1) is 15.4. The molecule has 0 atom stereocenters. The monoisotopic (exact) mass is 426 g/mol. The summed E-state index contributed by atoms with van der Waals surface area (Å²) in [6.45, 7) is 6.12. The fourth-order valence-electron chi connectivity index (χ4n) is 3.60. The van der Waals surface area contributed by atoms with Crippen molar-refractivity contribution in [3.05, 3.63) is 83.6 Å². The lowest BCUT2D eigenvalue weighted by atomic mass is 10.0. The molecule has 6 heteroatoms. The number of aryl methyl sites for hydroxylation is 1. The van der Waals surface area contributed by atoms with E-state index in [1.165, 1.54) is 10.5 Å². The van der Waals surface area contributed by atoms with Gasteiger partial charge in [0.1, 0.15) is 12.2 Å². The Morgan fingerprint density at radius 1 is 1.06 bits per heavy atom. The van der Waals surface area contributed by atoms with Crippen LogP contribution in [0.4, 0.5) is 17.2 Å². The minimum Gasteiger partial charge on any atom is -0.325 e. The number of nitrogens with one attached hydrogen (secondary N) is 1. The van der Waals surface area contributed by atoms with Crippen LogP contribution in [0.25, 0.3) is 0 Å². The molecule has 4 rings (SSSR count). The van der Waals surface area contributed by atoms with Crippen LogP contribution in [-0.2, 0) is 9.59 Å². The van der Waals surface area contributed by atoms with Gasteiger partial charge in [0.2, 0.25) is 11.8 Å². The molecule has 3 aromatic rings. The highest BCUT2D eigenvalue weighted by Gasteiger charge is 2.27. The fourth-order valence-corrected chi connectivity index (χ4v) is 3.60. The van der Waals surface area contributed by atoms with Crippen molar-refractivity contribution in [1.29, 1.82) is 0 Å². The van der Waals surface area contributed by atoms with E-state index in [1.54, 1.807) is 12.3 Å². The highest BCUT2D eigenvalue weighted by molar-refractivity contribution is 6.18. The predicted octanol–water partition coefficient (Wildman–Crippen LogP) is 5.01. The number of pyridine rings is 1. The maximum atomic E-state index is 13.2. The van der Waals surface area contributed by atoms with Crippen LogP contribution in [0, 0.1) is 6.92 Å². The van der Waals surface area contributed by atoms with Crippen LogP contribution in [0.15, 0.2) is 71.9 Å². The van der Waals surface area contributed by atoms with Crippen LogP contribution in [-0.4, -0.2) is 29.1 Å². The Hall–Kier alpha value is -3.80. The molecule has 0 aliphatic carbocycles. The molecule has 0 saturated heterocycles. The molecular formula is C26H26N4O2. The number of fused-ring (bicyclic) bond motifs is 1. The molecule has 0 radical (unpaired) electrons. The van der Waals surface area contributed by atoms with Crippen LogP contribution in [0.2, 0.25) is 0 Å². The zero-order chi connectivity index (χ0) is 22.7. The lowest BCUT2D eigenvalue weighted by molar-refractivity contribution is -0.120. The van der Waals surface area contributed by atoms with Gasteiger partial charge in [-0.15, -0.1) is 0 Å². The Bertz CT molecular complexity index is 1170. The third-order valence-electron chi connectivity index (χ3n) is 5.44. The summed E-state index contributed by atoms with van der Waals surface area (Å²) >= 11 is 0. The molecule has 0 fully saturated rings. The number of aromatic nitrogens is 1. The van der Waals surface area contributed by atoms with Gasteiger partial charge in [0.15, 0.2) is 5.82 Å². The maximum Gasteiger partial charge on any atom is 0.244 e. The van der Waals surface area contributed by atoms with E-state index in [-0.39, 0.29) is 24.8 Å². The Balaban J connectivity index is 1.55. The number of amides is 2. The molecule has 32 heavy (non-hydrogen) atoms. The van der Waals surface area contributed by atoms with E-state index in [0.29, 0.717) is 28.8 Å². The van der Waals surface area contributed by atoms with Gasteiger partial charge in [0, 0.05) is 11.9 Å². The molecular weight excluding hydrogens is 400 g/mol. The fraction of sp³-hybridized carbons (Fsp3) is 0.231. The first kappa shape index (κ1) is 21.4. The number of carbonyl (C=O) groups is 2. The summed E-state index contributed by atoms with van der Waals surface area (Å²) in [5.74, 6) is 0.308. The van der Waals surface area contributed by atoms with Crippen molar-refractivity contribution >= 4 is 34.7 Å². The number of benzene rings is 2. The van der Waals surface area contributed by atoms with Crippen molar-refractivity contribution < 1.29 is 9.59 Å². The van der Waals surface area contributed by atoms with Gasteiger partial charge in [-0.05, 0) is 48.2 Å². The molecule has 162 valence electrons. The molecule has 0 bridgehead atoms. The second-order valence-corrected chi connectivity index (χ2v) is 8.25. The SMILES string of the molecule is Cc1ccc(C2=Nc3cccnc3N(CC(=O)Nc3ccc(C(C)C)cc3)C(=O)C2)cc1. The molecule has 1 aromatic heterocycles. The first-order valence-electron chi connectivity index (χ1n) is 10.7. The highest BCUT2D eigenvalue weighted by Crippen LogP contribution is 2.31. The molecule has 2 aromatic carbocycles. The Morgan fingerprint density at radius 3 is 2.47 bits per heavy atom. The second-order valence-electron chi connectivity index (χ2n) is 8.25. The molecule has 1 aliphatic heterocycles. The summed E-state index contributed by atoms with van der Waals surface area (Å²) in [5, 5.41) is 2.88. The summed E-state index contributed by atoms with van der Waals surface area (Å²) in [6.07, 6.45) is 1.70. The summed E-state index contributed by atoms with van der Waals surface area (Å²) < 4.78 is 0. The smallest absolute Gasteiger partial charge is 0.244 e. The van der Waals surface area contributed by atoms with E-state index < -0.39 is 0 Å². The van der Waals surface area contributed by atoms with E-state index in [4.69, 9.17) is 4.99 Å². The minimum absolute atomic E-state index is 0.0930. The Kier molecular flexibility index (Phi) is 6.12. The average Bonchev–Trinajstić information content (AvgIpc) is 2.91. The summed E-state index contributed by atoms with van der Waals surface area (Å²) in [5.41, 5.74) is 5.15. The van der Waals surface area contributed by atoms with Gasteiger partial charge in [-0.1, -0.05) is 55.8 Å². The summed E-state index contributed by atoms with van der Waals surface area (Å²) in [7, 11) is 0. The van der Waals surface area contributed by atoms with Gasteiger partial charge in [-0.25, -0.2) is 9.98 Å². The van der Waals surface area contributed by atoms with Gasteiger partial charge >= 0.3 is 0 Å². The zero-order valence-electron chi connectivity index (χ0n) is 18.5. The summed E-state index contributed by atoms with van der Waals surface area (Å²) in [4.78, 5) is 36.4. The van der Waals surface area contributed by atoms with E-state index in [0.717, 1.165) is 11.1 Å². The Morgan fingerprint density at radius 2 is 1.78 bits per heavy atom. The van der Waals surface area contributed by atoms with Crippen molar-refractivity contribution in [2.24, 2.45) is 4.99 Å². The number of nitrogens with zero attached hydrogens (tertiary/aromatic N) is 3. The third kappa shape index (κ3) is 4.75. The number of aliphatic imine (C=N–C) groups is 1. The van der Waals surface area contributed by atoms with Gasteiger partial charge in [0.05, 0.1) is 12.1 Å². The number of anilines is 2. The van der Waals surface area contributed by atoms with Crippen molar-refractivity contribution in [3.63, 3.8) is 0 Å². The number of hydrogen-bond acceptors (Lipinski definition) is 4. The second kappa shape index (κ2) is 9.14. The zero-order valence-corrected chi connectivity index (χ0v) is 18.5. The first-order valence-corrected chi connectivity index (χ1v) is 10.7. The molecule has 6 nitrogen and oxygen atoms in total. The van der Waals surface area contributed by atoms with Crippen molar-refractivity contribution in [2.45, 2.75) is 33.1 Å². The van der Waals surface area contributed by atoms with Crippen LogP contribution >= 0.6 is 0 Å². The maximum absolute atomic E-state index is 13.2. The molecule has 2 heterocycles. The van der Waals surface area contributed by atoms with E-state index in [1.807, 2.05) is 61.5 Å². The van der Waals surface area contributed by atoms with E-state index >= 15 is 0 Å². The quantitative estimate of drug-likeness (QED) is 0.623. The number of carbonyl (C=O) groups excluding carboxylic acids is 2. The van der Waals surface area contributed by atoms with E-state index in [2.05, 4.69) is 24.1 Å². The number of rotatable bonds is 5. The lowest BCUT2D eigenvalue weighted by Gasteiger charge is -2.20. The third-order valence-corrected chi connectivity index (χ3v) is 5.44. The minimum atomic E-state index is -0.286. The van der Waals surface area contributed by atoms with E-state index in [9.17, 15) is 9.59 Å². The van der Waals surface area contributed by atoms with Gasteiger partial charge in [-0.2, -0.15) is 0 Å². The standard InChI is InChI=1S/C26H26N4O2/c1-17(2)19-10-12-21(13-11-19)28-24(31)16-30-25(32)15-23(20-8-6-18(3)7-9-20)29-22-5-4-14-27-26(22)30/h4-14,17H,15-16H2,1-3H3,(H,28,31). The average molecular weight is 427 g/mol. The van der Waals surface area contributed by atoms with Crippen molar-refractivity contribution in [1.82, 2.24) is 4.98 Å². The molecule has 0 saturated carbocycles. The Labute approximate surface area is 188 Å². The van der Waals surface area contributed by atoms with Gasteiger partial charge < -0.3 is 5.32 Å². The topological polar surface area (TPSA) is 74.7 Å².